The fourth-order valence-electron chi connectivity index (χ4n) is 2.71. The van der Waals surface area contributed by atoms with Gasteiger partial charge in [-0.1, -0.05) is 42.5 Å². The number of aliphatic carboxylic acids is 1. The van der Waals surface area contributed by atoms with Gasteiger partial charge in [-0.05, 0) is 35.1 Å². The van der Waals surface area contributed by atoms with E-state index < -0.39 is 5.97 Å². The summed E-state index contributed by atoms with van der Waals surface area (Å²) in [4.78, 5) is 13.1. The van der Waals surface area contributed by atoms with Gasteiger partial charge < -0.3 is 5.11 Å². The van der Waals surface area contributed by atoms with E-state index in [-0.39, 0.29) is 6.54 Å². The average molecular weight is 269 g/mol. The van der Waals surface area contributed by atoms with Crippen LogP contribution in [-0.2, 0) is 11.3 Å². The molecule has 1 saturated carbocycles. The van der Waals surface area contributed by atoms with E-state index in [0.29, 0.717) is 12.5 Å². The minimum Gasteiger partial charge on any atom is -0.480 e. The van der Waals surface area contributed by atoms with Gasteiger partial charge in [0.1, 0.15) is 0 Å². The lowest BCUT2D eigenvalue weighted by atomic mass is 10.0. The van der Waals surface area contributed by atoms with E-state index in [1.165, 1.54) is 29.2 Å². The van der Waals surface area contributed by atoms with Crippen LogP contribution in [0.4, 0.5) is 0 Å². The fourth-order valence-corrected chi connectivity index (χ4v) is 2.71. The summed E-state index contributed by atoms with van der Waals surface area (Å²) in [5.74, 6) is -0.0461. The van der Waals surface area contributed by atoms with Gasteiger partial charge in [0.15, 0.2) is 0 Å². The van der Waals surface area contributed by atoms with E-state index in [4.69, 9.17) is 5.11 Å². The second-order valence-electron chi connectivity index (χ2n) is 5.65. The predicted molar refractivity (Wildman–Crippen MR) is 79.6 cm³/mol. The highest BCUT2D eigenvalue weighted by atomic mass is 16.4. The van der Waals surface area contributed by atoms with E-state index in [1.807, 2.05) is 18.2 Å². The van der Waals surface area contributed by atoms with Crippen molar-refractivity contribution in [2.45, 2.75) is 19.4 Å². The number of rotatable bonds is 6. The Kier molecular flexibility index (Phi) is 3.70. The van der Waals surface area contributed by atoms with Gasteiger partial charge >= 0.3 is 5.97 Å². The van der Waals surface area contributed by atoms with E-state index >= 15 is 0 Å². The Balaban J connectivity index is 1.83. The minimum atomic E-state index is -0.745. The normalized spacial score (nSPS) is 14.8. The van der Waals surface area contributed by atoms with E-state index in [2.05, 4.69) is 29.2 Å². The molecule has 1 fully saturated rings. The molecule has 0 saturated heterocycles. The Morgan fingerprint density at radius 1 is 1.15 bits per heavy atom. The van der Waals surface area contributed by atoms with E-state index in [0.717, 1.165) is 6.54 Å². The van der Waals surface area contributed by atoms with Crippen molar-refractivity contribution < 1.29 is 9.90 Å². The number of nitrogens with zero attached hydrogens (tertiary/aromatic N) is 1. The SMILES string of the molecule is O=C(O)CN(Cc1cccc2ccccc12)CC1CC1. The molecule has 0 atom stereocenters. The highest BCUT2D eigenvalue weighted by Gasteiger charge is 2.25. The van der Waals surface area contributed by atoms with Gasteiger partial charge in [-0.2, -0.15) is 0 Å². The molecule has 104 valence electrons. The van der Waals surface area contributed by atoms with Gasteiger partial charge in [0.05, 0.1) is 6.54 Å². The third-order valence-electron chi connectivity index (χ3n) is 3.85. The largest absolute Gasteiger partial charge is 0.480 e. The molecule has 1 N–H and O–H groups in total. The second-order valence-corrected chi connectivity index (χ2v) is 5.65. The van der Waals surface area contributed by atoms with E-state index in [9.17, 15) is 4.79 Å². The van der Waals surface area contributed by atoms with Crippen LogP contribution in [0.3, 0.4) is 0 Å². The zero-order chi connectivity index (χ0) is 13.9. The molecule has 0 aromatic heterocycles. The first-order valence-corrected chi connectivity index (χ1v) is 7.13. The molecule has 0 heterocycles. The monoisotopic (exact) mass is 269 g/mol. The highest BCUT2D eigenvalue weighted by molar-refractivity contribution is 5.85. The number of carboxylic acids is 1. The van der Waals surface area contributed by atoms with Crippen molar-refractivity contribution in [1.29, 1.82) is 0 Å². The number of benzene rings is 2. The molecule has 0 bridgehead atoms. The molecule has 3 heteroatoms. The first-order chi connectivity index (χ1) is 9.72. The maximum atomic E-state index is 11.0. The molecule has 0 aliphatic heterocycles. The van der Waals surface area contributed by atoms with Crippen molar-refractivity contribution in [3.8, 4) is 0 Å². The fraction of sp³-hybridized carbons (Fsp3) is 0.353. The van der Waals surface area contributed by atoms with Crippen molar-refractivity contribution in [3.63, 3.8) is 0 Å². The standard InChI is InChI=1S/C17H19NO2/c19-17(20)12-18(10-13-8-9-13)11-15-6-3-5-14-4-1-2-7-16(14)15/h1-7,13H,8-12H2,(H,19,20). The molecular formula is C17H19NO2. The Labute approximate surface area is 118 Å². The van der Waals surface area contributed by atoms with Crippen molar-refractivity contribution in [2.75, 3.05) is 13.1 Å². The quantitative estimate of drug-likeness (QED) is 0.876. The Bertz CT molecular complexity index is 614. The highest BCUT2D eigenvalue weighted by Crippen LogP contribution is 2.30. The van der Waals surface area contributed by atoms with Gasteiger partial charge in [0.25, 0.3) is 0 Å². The van der Waals surface area contributed by atoms with Gasteiger partial charge in [0.2, 0.25) is 0 Å². The van der Waals surface area contributed by atoms with Crippen LogP contribution >= 0.6 is 0 Å². The lowest BCUT2D eigenvalue weighted by Gasteiger charge is -2.21. The number of fused-ring (bicyclic) bond motifs is 1. The number of hydrogen-bond acceptors (Lipinski definition) is 2. The molecule has 0 amide bonds. The predicted octanol–water partition coefficient (Wildman–Crippen LogP) is 3.14. The van der Waals surface area contributed by atoms with Gasteiger partial charge in [-0.25, -0.2) is 0 Å². The van der Waals surface area contributed by atoms with Gasteiger partial charge in [-0.3, -0.25) is 9.69 Å². The van der Waals surface area contributed by atoms with Gasteiger partial charge in [0, 0.05) is 13.1 Å². The number of hydrogen-bond donors (Lipinski definition) is 1. The molecule has 20 heavy (non-hydrogen) atoms. The second kappa shape index (κ2) is 5.63. The van der Waals surface area contributed by atoms with Crippen molar-refractivity contribution in [3.05, 3.63) is 48.0 Å². The number of carboxylic acid groups (broad SMARTS) is 1. The molecule has 1 aliphatic carbocycles. The molecule has 2 aromatic carbocycles. The summed E-state index contributed by atoms with van der Waals surface area (Å²) in [6.45, 7) is 1.74. The summed E-state index contributed by atoms with van der Waals surface area (Å²) in [6, 6.07) is 14.5. The van der Waals surface area contributed by atoms with Gasteiger partial charge in [-0.15, -0.1) is 0 Å². The van der Waals surface area contributed by atoms with Crippen molar-refractivity contribution >= 4 is 16.7 Å². The molecule has 0 unspecified atom stereocenters. The van der Waals surface area contributed by atoms with Crippen molar-refractivity contribution in [2.24, 2.45) is 5.92 Å². The van der Waals surface area contributed by atoms with Crippen LogP contribution in [0.25, 0.3) is 10.8 Å². The van der Waals surface area contributed by atoms with Crippen LogP contribution in [0.2, 0.25) is 0 Å². The summed E-state index contributed by atoms with van der Waals surface area (Å²) in [5, 5.41) is 11.5. The maximum Gasteiger partial charge on any atom is 0.317 e. The molecule has 2 aromatic rings. The molecule has 0 spiro atoms. The Morgan fingerprint density at radius 2 is 1.90 bits per heavy atom. The van der Waals surface area contributed by atoms with Crippen LogP contribution in [0.5, 0.6) is 0 Å². The molecule has 3 nitrogen and oxygen atoms in total. The molecule has 1 aliphatic rings. The first kappa shape index (κ1) is 13.1. The van der Waals surface area contributed by atoms with E-state index in [1.54, 1.807) is 0 Å². The van der Waals surface area contributed by atoms with Crippen LogP contribution in [0.1, 0.15) is 18.4 Å². The zero-order valence-corrected chi connectivity index (χ0v) is 11.5. The lowest BCUT2D eigenvalue weighted by Crippen LogP contribution is -2.31. The van der Waals surface area contributed by atoms with Crippen LogP contribution in [0.15, 0.2) is 42.5 Å². The Hall–Kier alpha value is -1.87. The van der Waals surface area contributed by atoms with Crippen LogP contribution in [0, 0.1) is 5.92 Å². The molecule has 0 radical (unpaired) electrons. The molecule has 3 rings (SSSR count). The summed E-state index contributed by atoms with van der Waals surface area (Å²) in [7, 11) is 0. The third-order valence-corrected chi connectivity index (χ3v) is 3.85. The van der Waals surface area contributed by atoms with Crippen molar-refractivity contribution in [1.82, 2.24) is 4.90 Å². The summed E-state index contributed by atoms with van der Waals surface area (Å²) in [5.41, 5.74) is 1.21. The topological polar surface area (TPSA) is 40.5 Å². The maximum absolute atomic E-state index is 11.0. The summed E-state index contributed by atoms with van der Waals surface area (Å²) < 4.78 is 0. The Morgan fingerprint density at radius 3 is 2.65 bits per heavy atom. The minimum absolute atomic E-state index is 0.125. The molecular weight excluding hydrogens is 250 g/mol. The lowest BCUT2D eigenvalue weighted by molar-refractivity contribution is -0.138. The zero-order valence-electron chi connectivity index (χ0n) is 11.5. The van der Waals surface area contributed by atoms with Crippen LogP contribution < -0.4 is 0 Å². The third kappa shape index (κ3) is 3.17. The average Bonchev–Trinajstić information content (AvgIpc) is 3.22. The summed E-state index contributed by atoms with van der Waals surface area (Å²) in [6.07, 6.45) is 2.48. The van der Waals surface area contributed by atoms with Crippen LogP contribution in [-0.4, -0.2) is 29.1 Å². The summed E-state index contributed by atoms with van der Waals surface area (Å²) >= 11 is 0. The number of carbonyl (C=O) groups is 1. The smallest absolute Gasteiger partial charge is 0.317 e. The first-order valence-electron chi connectivity index (χ1n) is 7.13.